The average molecular weight is 224 g/mol. The van der Waals surface area contributed by atoms with E-state index in [9.17, 15) is 0 Å². The summed E-state index contributed by atoms with van der Waals surface area (Å²) in [5, 5.41) is 3.30. The molecule has 1 aromatic heterocycles. The maximum Gasteiger partial charge on any atom is 0.213 e. The van der Waals surface area contributed by atoms with Crippen molar-refractivity contribution in [3.8, 4) is 11.6 Å². The van der Waals surface area contributed by atoms with Gasteiger partial charge in [0.25, 0.3) is 0 Å². The molecule has 1 aliphatic rings. The zero-order valence-electron chi connectivity index (χ0n) is 8.90. The van der Waals surface area contributed by atoms with Gasteiger partial charge in [-0.05, 0) is 32.0 Å². The molecule has 2 heterocycles. The second-order valence-corrected chi connectivity index (χ2v) is 3.60. The van der Waals surface area contributed by atoms with Crippen LogP contribution in [-0.4, -0.2) is 31.3 Å². The van der Waals surface area contributed by atoms with E-state index in [0.717, 1.165) is 31.7 Å². The third-order valence-electron chi connectivity index (χ3n) is 2.51. The van der Waals surface area contributed by atoms with Crippen molar-refractivity contribution in [3.05, 3.63) is 18.3 Å². The van der Waals surface area contributed by atoms with Crippen LogP contribution in [0, 0.1) is 0 Å². The number of methoxy groups -OCH3 is 1. The van der Waals surface area contributed by atoms with E-state index in [2.05, 4.69) is 10.3 Å². The van der Waals surface area contributed by atoms with Crippen LogP contribution in [0.1, 0.15) is 20.3 Å². The lowest BCUT2D eigenvalue weighted by atomic mass is 10.1. The first-order chi connectivity index (χ1) is 7.38. The SMILES string of the molecule is C.COc1ccc(OC2CCNCC2)cn1. The van der Waals surface area contributed by atoms with Gasteiger partial charge in [-0.1, -0.05) is 7.43 Å². The van der Waals surface area contributed by atoms with Gasteiger partial charge < -0.3 is 14.8 Å². The van der Waals surface area contributed by atoms with Crippen LogP contribution < -0.4 is 14.8 Å². The Labute approximate surface area is 97.0 Å². The number of hydrogen-bond donors (Lipinski definition) is 1. The van der Waals surface area contributed by atoms with Gasteiger partial charge in [0.1, 0.15) is 11.9 Å². The second-order valence-electron chi connectivity index (χ2n) is 3.60. The van der Waals surface area contributed by atoms with Gasteiger partial charge in [0.2, 0.25) is 5.88 Å². The van der Waals surface area contributed by atoms with Crippen molar-refractivity contribution in [2.24, 2.45) is 0 Å². The van der Waals surface area contributed by atoms with E-state index in [1.54, 1.807) is 13.3 Å². The first-order valence-corrected chi connectivity index (χ1v) is 5.26. The van der Waals surface area contributed by atoms with Crippen molar-refractivity contribution in [1.82, 2.24) is 10.3 Å². The van der Waals surface area contributed by atoms with Crippen molar-refractivity contribution in [1.29, 1.82) is 0 Å². The molecule has 0 amide bonds. The highest BCUT2D eigenvalue weighted by Gasteiger charge is 2.14. The molecule has 0 spiro atoms. The van der Waals surface area contributed by atoms with Gasteiger partial charge >= 0.3 is 0 Å². The Kier molecular flexibility index (Phi) is 5.05. The fourth-order valence-electron chi connectivity index (χ4n) is 1.66. The molecule has 1 aromatic rings. The topological polar surface area (TPSA) is 43.4 Å². The molecular weight excluding hydrogens is 204 g/mol. The molecule has 4 heteroatoms. The fraction of sp³-hybridized carbons (Fsp3) is 0.583. The number of piperidine rings is 1. The van der Waals surface area contributed by atoms with Gasteiger partial charge in [-0.2, -0.15) is 0 Å². The average Bonchev–Trinajstić information content (AvgIpc) is 2.31. The standard InChI is InChI=1S/C11H16N2O2.CH4/c1-14-11-3-2-10(8-13-11)15-9-4-6-12-7-5-9;/h2-3,8-9,12H,4-7H2,1H3;1H4. The third kappa shape index (κ3) is 3.38. The molecule has 0 unspecified atom stereocenters. The Morgan fingerprint density at radius 1 is 1.31 bits per heavy atom. The molecule has 0 radical (unpaired) electrons. The molecule has 0 aromatic carbocycles. The van der Waals surface area contributed by atoms with Crippen LogP contribution in [0.2, 0.25) is 0 Å². The predicted molar refractivity (Wildman–Crippen MR) is 64.0 cm³/mol. The summed E-state index contributed by atoms with van der Waals surface area (Å²) < 4.78 is 10.8. The summed E-state index contributed by atoms with van der Waals surface area (Å²) in [7, 11) is 1.61. The first kappa shape index (κ1) is 12.8. The molecule has 2 rings (SSSR count). The molecular formula is C12H20N2O2. The number of ether oxygens (including phenoxy) is 2. The minimum Gasteiger partial charge on any atom is -0.489 e. The number of nitrogens with one attached hydrogen (secondary N) is 1. The zero-order valence-corrected chi connectivity index (χ0v) is 8.90. The quantitative estimate of drug-likeness (QED) is 0.851. The van der Waals surface area contributed by atoms with Gasteiger partial charge in [-0.3, -0.25) is 0 Å². The molecule has 0 bridgehead atoms. The van der Waals surface area contributed by atoms with Crippen molar-refractivity contribution >= 4 is 0 Å². The number of pyridine rings is 1. The van der Waals surface area contributed by atoms with Crippen molar-refractivity contribution in [3.63, 3.8) is 0 Å². The molecule has 90 valence electrons. The zero-order chi connectivity index (χ0) is 10.5. The minimum absolute atomic E-state index is 0. The second kappa shape index (κ2) is 6.33. The number of nitrogens with zero attached hydrogens (tertiary/aromatic N) is 1. The maximum atomic E-state index is 5.80. The van der Waals surface area contributed by atoms with Crippen molar-refractivity contribution in [2.45, 2.75) is 26.4 Å². The highest BCUT2D eigenvalue weighted by atomic mass is 16.5. The summed E-state index contributed by atoms with van der Waals surface area (Å²) in [6.45, 7) is 2.07. The van der Waals surface area contributed by atoms with Crippen molar-refractivity contribution < 1.29 is 9.47 Å². The number of aromatic nitrogens is 1. The molecule has 1 aliphatic heterocycles. The lowest BCUT2D eigenvalue weighted by Gasteiger charge is -2.23. The summed E-state index contributed by atoms with van der Waals surface area (Å²) in [4.78, 5) is 4.10. The molecule has 1 N–H and O–H groups in total. The van der Waals surface area contributed by atoms with E-state index < -0.39 is 0 Å². The Morgan fingerprint density at radius 3 is 2.62 bits per heavy atom. The van der Waals surface area contributed by atoms with Crippen LogP contribution in [0.3, 0.4) is 0 Å². The Balaban J connectivity index is 0.00000128. The summed E-state index contributed by atoms with van der Waals surface area (Å²) in [5.41, 5.74) is 0. The van der Waals surface area contributed by atoms with Gasteiger partial charge in [-0.25, -0.2) is 4.98 Å². The van der Waals surface area contributed by atoms with Crippen LogP contribution >= 0.6 is 0 Å². The van der Waals surface area contributed by atoms with E-state index >= 15 is 0 Å². The summed E-state index contributed by atoms with van der Waals surface area (Å²) in [6, 6.07) is 3.71. The van der Waals surface area contributed by atoms with E-state index in [4.69, 9.17) is 9.47 Å². The molecule has 1 fully saturated rings. The smallest absolute Gasteiger partial charge is 0.213 e. The third-order valence-corrected chi connectivity index (χ3v) is 2.51. The van der Waals surface area contributed by atoms with Gasteiger partial charge in [0.15, 0.2) is 0 Å². The fourth-order valence-corrected chi connectivity index (χ4v) is 1.66. The first-order valence-electron chi connectivity index (χ1n) is 5.26. The normalized spacial score (nSPS) is 16.3. The summed E-state index contributed by atoms with van der Waals surface area (Å²) >= 11 is 0. The highest BCUT2D eigenvalue weighted by Crippen LogP contribution is 2.17. The van der Waals surface area contributed by atoms with E-state index in [0.29, 0.717) is 12.0 Å². The Bertz CT molecular complexity index is 294. The molecule has 0 aliphatic carbocycles. The summed E-state index contributed by atoms with van der Waals surface area (Å²) in [6.07, 6.45) is 4.15. The van der Waals surface area contributed by atoms with Gasteiger partial charge in [0.05, 0.1) is 13.3 Å². The van der Waals surface area contributed by atoms with Crippen LogP contribution in [0.15, 0.2) is 18.3 Å². The van der Waals surface area contributed by atoms with E-state index in [1.165, 1.54) is 0 Å². The molecule has 0 atom stereocenters. The van der Waals surface area contributed by atoms with Crippen molar-refractivity contribution in [2.75, 3.05) is 20.2 Å². The number of rotatable bonds is 3. The maximum absolute atomic E-state index is 5.80. The largest absolute Gasteiger partial charge is 0.489 e. The minimum atomic E-state index is 0. The van der Waals surface area contributed by atoms with E-state index in [-0.39, 0.29) is 7.43 Å². The molecule has 4 nitrogen and oxygen atoms in total. The lowest BCUT2D eigenvalue weighted by molar-refractivity contribution is 0.161. The van der Waals surface area contributed by atoms with Gasteiger partial charge in [0, 0.05) is 6.07 Å². The van der Waals surface area contributed by atoms with Crippen LogP contribution in [0.5, 0.6) is 11.6 Å². The molecule has 1 saturated heterocycles. The molecule has 16 heavy (non-hydrogen) atoms. The van der Waals surface area contributed by atoms with Crippen LogP contribution in [0.4, 0.5) is 0 Å². The van der Waals surface area contributed by atoms with E-state index in [1.807, 2.05) is 12.1 Å². The highest BCUT2D eigenvalue weighted by molar-refractivity contribution is 5.23. The molecule has 0 saturated carbocycles. The van der Waals surface area contributed by atoms with Gasteiger partial charge in [-0.15, -0.1) is 0 Å². The predicted octanol–water partition coefficient (Wildman–Crippen LogP) is 1.86. The lowest BCUT2D eigenvalue weighted by Crippen LogP contribution is -2.34. The Morgan fingerprint density at radius 2 is 2.06 bits per heavy atom. The van der Waals surface area contributed by atoms with Crippen LogP contribution in [-0.2, 0) is 0 Å². The van der Waals surface area contributed by atoms with Crippen LogP contribution in [0.25, 0.3) is 0 Å². The monoisotopic (exact) mass is 224 g/mol. The Hall–Kier alpha value is -1.29. The summed E-state index contributed by atoms with van der Waals surface area (Å²) in [5.74, 6) is 1.44. The number of hydrogen-bond acceptors (Lipinski definition) is 4.